The number of hydrogen-bond donors (Lipinski definition) is 2. The highest BCUT2D eigenvalue weighted by Crippen LogP contribution is 2.26. The fraction of sp³-hybridized carbons (Fsp3) is 0.588. The van der Waals surface area contributed by atoms with E-state index in [4.69, 9.17) is 0 Å². The SMILES string of the molecule is C[C@H]1CNCCN1CC(=O)NCCN1CCc2ccccc21.Cl.Cl. The van der Waals surface area contributed by atoms with Crippen LogP contribution in [0.3, 0.4) is 0 Å². The molecule has 2 heterocycles. The molecule has 2 aliphatic heterocycles. The summed E-state index contributed by atoms with van der Waals surface area (Å²) in [6.07, 6.45) is 1.11. The minimum Gasteiger partial charge on any atom is -0.369 e. The van der Waals surface area contributed by atoms with E-state index in [1.54, 1.807) is 0 Å². The fourth-order valence-corrected chi connectivity index (χ4v) is 3.33. The van der Waals surface area contributed by atoms with E-state index in [2.05, 4.69) is 51.6 Å². The highest BCUT2D eigenvalue weighted by Gasteiger charge is 2.21. The number of fused-ring (bicyclic) bond motifs is 1. The molecule has 136 valence electrons. The first-order chi connectivity index (χ1) is 10.7. The van der Waals surface area contributed by atoms with E-state index < -0.39 is 0 Å². The summed E-state index contributed by atoms with van der Waals surface area (Å²) in [5.74, 6) is 0.140. The first-order valence-corrected chi connectivity index (χ1v) is 8.28. The fourth-order valence-electron chi connectivity index (χ4n) is 3.33. The highest BCUT2D eigenvalue weighted by molar-refractivity contribution is 5.85. The molecule has 1 aromatic rings. The number of hydrogen-bond acceptors (Lipinski definition) is 4. The first kappa shape index (κ1) is 21.0. The van der Waals surface area contributed by atoms with Crippen LogP contribution in [0.25, 0.3) is 0 Å². The molecule has 1 amide bonds. The molecule has 0 aromatic heterocycles. The van der Waals surface area contributed by atoms with Crippen molar-refractivity contribution >= 4 is 36.4 Å². The minimum absolute atomic E-state index is 0. The van der Waals surface area contributed by atoms with Gasteiger partial charge in [0.2, 0.25) is 5.91 Å². The van der Waals surface area contributed by atoms with Crippen LogP contribution in [0.2, 0.25) is 0 Å². The smallest absolute Gasteiger partial charge is 0.234 e. The maximum atomic E-state index is 12.1. The molecule has 0 bridgehead atoms. The zero-order chi connectivity index (χ0) is 15.4. The molecule has 1 atom stereocenters. The number of para-hydroxylation sites is 1. The summed E-state index contributed by atoms with van der Waals surface area (Å²) >= 11 is 0. The van der Waals surface area contributed by atoms with Crippen molar-refractivity contribution in [3.05, 3.63) is 29.8 Å². The molecule has 5 nitrogen and oxygen atoms in total. The van der Waals surface area contributed by atoms with Gasteiger partial charge in [0, 0.05) is 51.0 Å². The number of amides is 1. The first-order valence-electron chi connectivity index (χ1n) is 8.28. The standard InChI is InChI=1S/C17H26N4O.2ClH/c1-14-12-18-7-10-21(14)13-17(22)19-8-11-20-9-6-15-4-2-3-5-16(15)20;;/h2-5,14,18H,6-13H2,1H3,(H,19,22);2*1H/t14-;;/m0../s1. The van der Waals surface area contributed by atoms with Crippen LogP contribution in [0.4, 0.5) is 5.69 Å². The second-order valence-electron chi connectivity index (χ2n) is 6.24. The summed E-state index contributed by atoms with van der Waals surface area (Å²) in [5, 5.41) is 6.41. The third-order valence-corrected chi connectivity index (χ3v) is 4.67. The van der Waals surface area contributed by atoms with Crippen LogP contribution in [-0.4, -0.2) is 62.7 Å². The lowest BCUT2D eigenvalue weighted by Crippen LogP contribution is -2.53. The largest absolute Gasteiger partial charge is 0.369 e. The van der Waals surface area contributed by atoms with Crippen molar-refractivity contribution in [3.63, 3.8) is 0 Å². The topological polar surface area (TPSA) is 47.6 Å². The van der Waals surface area contributed by atoms with Crippen molar-refractivity contribution in [2.75, 3.05) is 50.7 Å². The third-order valence-electron chi connectivity index (χ3n) is 4.67. The van der Waals surface area contributed by atoms with Crippen molar-refractivity contribution in [2.24, 2.45) is 0 Å². The van der Waals surface area contributed by atoms with Crippen LogP contribution >= 0.6 is 24.8 Å². The van der Waals surface area contributed by atoms with Crippen LogP contribution in [-0.2, 0) is 11.2 Å². The van der Waals surface area contributed by atoms with Crippen LogP contribution in [0.5, 0.6) is 0 Å². The summed E-state index contributed by atoms with van der Waals surface area (Å²) < 4.78 is 0. The Bertz CT molecular complexity index is 529. The van der Waals surface area contributed by atoms with Crippen molar-refractivity contribution in [1.82, 2.24) is 15.5 Å². The maximum Gasteiger partial charge on any atom is 0.234 e. The third kappa shape index (κ3) is 5.24. The molecule has 1 fully saturated rings. The number of nitrogens with zero attached hydrogens (tertiary/aromatic N) is 2. The number of nitrogens with one attached hydrogen (secondary N) is 2. The quantitative estimate of drug-likeness (QED) is 0.815. The number of carbonyl (C=O) groups is 1. The van der Waals surface area contributed by atoms with Gasteiger partial charge in [-0.05, 0) is 25.0 Å². The summed E-state index contributed by atoms with van der Waals surface area (Å²) in [6.45, 7) is 8.24. The van der Waals surface area contributed by atoms with Gasteiger partial charge in [-0.1, -0.05) is 18.2 Å². The molecular weight excluding hydrogens is 347 g/mol. The average Bonchev–Trinajstić information content (AvgIpc) is 2.93. The van der Waals surface area contributed by atoms with Gasteiger partial charge in [0.05, 0.1) is 6.54 Å². The summed E-state index contributed by atoms with van der Waals surface area (Å²) in [7, 11) is 0. The Morgan fingerprint density at radius 3 is 2.88 bits per heavy atom. The molecule has 0 unspecified atom stereocenters. The Balaban J connectivity index is 0.00000144. The maximum absolute atomic E-state index is 12.1. The van der Waals surface area contributed by atoms with E-state index >= 15 is 0 Å². The monoisotopic (exact) mass is 374 g/mol. The highest BCUT2D eigenvalue weighted by atomic mass is 35.5. The second-order valence-corrected chi connectivity index (χ2v) is 6.24. The molecule has 24 heavy (non-hydrogen) atoms. The molecule has 0 spiro atoms. The van der Waals surface area contributed by atoms with E-state index in [1.165, 1.54) is 11.3 Å². The van der Waals surface area contributed by atoms with Gasteiger partial charge in [0.1, 0.15) is 0 Å². The Morgan fingerprint density at radius 2 is 2.08 bits per heavy atom. The number of rotatable bonds is 5. The van der Waals surface area contributed by atoms with Gasteiger partial charge >= 0.3 is 0 Å². The summed E-state index contributed by atoms with van der Waals surface area (Å²) in [4.78, 5) is 16.7. The van der Waals surface area contributed by atoms with E-state index in [9.17, 15) is 4.79 Å². The van der Waals surface area contributed by atoms with Crippen LogP contribution in [0, 0.1) is 0 Å². The second kappa shape index (κ2) is 10.1. The van der Waals surface area contributed by atoms with Gasteiger partial charge in [-0.25, -0.2) is 0 Å². The molecule has 0 saturated carbocycles. The van der Waals surface area contributed by atoms with Gasteiger partial charge in [0.15, 0.2) is 0 Å². The molecule has 1 aromatic carbocycles. The Labute approximate surface area is 157 Å². The van der Waals surface area contributed by atoms with E-state index in [0.29, 0.717) is 19.1 Å². The van der Waals surface area contributed by atoms with E-state index in [1.807, 2.05) is 0 Å². The Kier molecular flexibility index (Phi) is 8.84. The van der Waals surface area contributed by atoms with Gasteiger partial charge in [-0.15, -0.1) is 24.8 Å². The average molecular weight is 375 g/mol. The Morgan fingerprint density at radius 1 is 1.29 bits per heavy atom. The molecule has 0 aliphatic carbocycles. The Hall–Kier alpha value is -1.01. The normalized spacial score (nSPS) is 19.9. The van der Waals surface area contributed by atoms with Crippen LogP contribution in [0.1, 0.15) is 12.5 Å². The number of anilines is 1. The zero-order valence-electron chi connectivity index (χ0n) is 14.2. The predicted molar refractivity (Wildman–Crippen MR) is 104 cm³/mol. The van der Waals surface area contributed by atoms with Crippen LogP contribution < -0.4 is 15.5 Å². The number of benzene rings is 1. The number of carbonyl (C=O) groups excluding carboxylic acids is 1. The van der Waals surface area contributed by atoms with Crippen LogP contribution in [0.15, 0.2) is 24.3 Å². The molecule has 3 rings (SSSR count). The van der Waals surface area contributed by atoms with Gasteiger partial charge in [-0.2, -0.15) is 0 Å². The van der Waals surface area contributed by atoms with Gasteiger partial charge < -0.3 is 15.5 Å². The zero-order valence-corrected chi connectivity index (χ0v) is 15.8. The van der Waals surface area contributed by atoms with Crippen molar-refractivity contribution in [3.8, 4) is 0 Å². The molecule has 0 radical (unpaired) electrons. The predicted octanol–water partition coefficient (Wildman–Crippen LogP) is 1.30. The lowest BCUT2D eigenvalue weighted by atomic mass is 10.2. The van der Waals surface area contributed by atoms with Gasteiger partial charge in [0.25, 0.3) is 0 Å². The minimum atomic E-state index is 0. The van der Waals surface area contributed by atoms with Crippen molar-refractivity contribution < 1.29 is 4.79 Å². The summed E-state index contributed by atoms with van der Waals surface area (Å²) in [5.41, 5.74) is 2.75. The number of piperazine rings is 1. The van der Waals surface area contributed by atoms with Crippen molar-refractivity contribution in [2.45, 2.75) is 19.4 Å². The molecule has 2 N–H and O–H groups in total. The summed E-state index contributed by atoms with van der Waals surface area (Å²) in [6, 6.07) is 8.98. The molecule has 7 heteroatoms. The van der Waals surface area contributed by atoms with E-state index in [-0.39, 0.29) is 30.7 Å². The van der Waals surface area contributed by atoms with E-state index in [0.717, 1.165) is 39.1 Å². The lowest BCUT2D eigenvalue weighted by Gasteiger charge is -2.33. The lowest BCUT2D eigenvalue weighted by molar-refractivity contribution is -0.122. The molecule has 2 aliphatic rings. The number of halogens is 2. The molecular formula is C17H28Cl2N4O. The van der Waals surface area contributed by atoms with Crippen molar-refractivity contribution in [1.29, 1.82) is 0 Å². The van der Waals surface area contributed by atoms with Gasteiger partial charge in [-0.3, -0.25) is 9.69 Å². The molecule has 1 saturated heterocycles.